The van der Waals surface area contributed by atoms with Crippen LogP contribution in [0.1, 0.15) is 123 Å². The van der Waals surface area contributed by atoms with Crippen LogP contribution in [0.4, 0.5) is 17.1 Å². The molecule has 13 rings (SSSR count). The van der Waals surface area contributed by atoms with E-state index in [-0.39, 0.29) is 17.7 Å². The Kier molecular flexibility index (Phi) is 23.9. The van der Waals surface area contributed by atoms with Crippen molar-refractivity contribution in [3.8, 4) is 17.2 Å². The Morgan fingerprint density at radius 3 is 1.08 bits per heavy atom. The Morgan fingerprint density at radius 1 is 0.402 bits per heavy atom. The molecule has 4 fully saturated rings. The molecule has 19 heteroatoms. The van der Waals surface area contributed by atoms with E-state index in [9.17, 15) is 14.4 Å². The number of nitrogens with zero attached hydrogens (tertiary/aromatic N) is 3. The maximum absolute atomic E-state index is 12.9. The Balaban J connectivity index is 0.000000148. The van der Waals surface area contributed by atoms with E-state index < -0.39 is 0 Å². The van der Waals surface area contributed by atoms with E-state index in [1.54, 1.807) is 36.4 Å². The van der Waals surface area contributed by atoms with Crippen LogP contribution in [0.2, 0.25) is 30.1 Å². The lowest BCUT2D eigenvalue weighted by atomic mass is 9.92. The van der Waals surface area contributed by atoms with Crippen LogP contribution in [0.25, 0.3) is 18.2 Å². The summed E-state index contributed by atoms with van der Waals surface area (Å²) in [4.78, 5) is 38.7. The summed E-state index contributed by atoms with van der Waals surface area (Å²) in [5, 5.41) is 11.7. The molecule has 4 heterocycles. The first kappa shape index (κ1) is 72.2. The second-order valence-corrected chi connectivity index (χ2v) is 31.3. The molecule has 13 nitrogen and oxygen atoms in total. The van der Waals surface area contributed by atoms with Crippen molar-refractivity contribution >= 4 is 123 Å². The highest BCUT2D eigenvalue weighted by Gasteiger charge is 2.47. The van der Waals surface area contributed by atoms with Crippen LogP contribution in [-0.2, 0) is 38.8 Å². The number of nitrogens with one attached hydrogen (secondary N) is 3. The molecule has 4 aliphatic heterocycles. The van der Waals surface area contributed by atoms with E-state index in [0.29, 0.717) is 109 Å². The average molecular weight is 1440 g/mol. The smallest absolute Gasteiger partial charge is 0.251 e. The molecule has 0 spiro atoms. The van der Waals surface area contributed by atoms with Gasteiger partial charge in [-0.3, -0.25) is 14.4 Å². The number of rotatable bonds is 15. The number of fused-ring (bicyclic) bond motifs is 5. The van der Waals surface area contributed by atoms with Crippen LogP contribution in [0, 0.1) is 11.8 Å². The lowest BCUT2D eigenvalue weighted by Crippen LogP contribution is -2.50. The third kappa shape index (κ3) is 18.9. The van der Waals surface area contributed by atoms with Gasteiger partial charge in [-0.05, 0) is 124 Å². The minimum Gasteiger partial charge on any atom is -0.493 e. The molecule has 6 aromatic carbocycles. The monoisotopic (exact) mass is 1430 g/mol. The molecule has 1 saturated heterocycles. The molecule has 514 valence electrons. The zero-order valence-corrected chi connectivity index (χ0v) is 61.1. The first-order chi connectivity index (χ1) is 46.4. The van der Waals surface area contributed by atoms with Crippen LogP contribution in [0.15, 0.2) is 126 Å². The maximum Gasteiger partial charge on any atom is 0.251 e. The van der Waals surface area contributed by atoms with E-state index >= 15 is 0 Å². The number of carbonyl (C=O) groups is 3. The first-order valence-corrected chi connectivity index (χ1v) is 36.4. The van der Waals surface area contributed by atoms with Gasteiger partial charge in [0.15, 0.2) is 0 Å². The summed E-state index contributed by atoms with van der Waals surface area (Å²) in [7, 11) is 14.0. The highest BCUT2D eigenvalue weighted by Crippen LogP contribution is 2.48. The number of carbonyl (C=O) groups excluding carboxylic acids is 3. The molecule has 97 heavy (non-hydrogen) atoms. The molecule has 2 bridgehead atoms. The minimum absolute atomic E-state index is 0.122. The van der Waals surface area contributed by atoms with Gasteiger partial charge in [0.1, 0.15) is 36.9 Å². The van der Waals surface area contributed by atoms with Crippen molar-refractivity contribution in [1.82, 2.24) is 0 Å². The summed E-state index contributed by atoms with van der Waals surface area (Å²) in [6, 6.07) is 37.1. The molecular formula is C78H91Cl6N6O7+3. The number of hydrogen-bond donors (Lipinski definition) is 3. The van der Waals surface area contributed by atoms with Crippen LogP contribution in [0.5, 0.6) is 17.2 Å². The fourth-order valence-electron chi connectivity index (χ4n) is 15.2. The lowest BCUT2D eigenvalue weighted by Gasteiger charge is -2.40. The molecule has 6 aromatic rings. The number of quaternary nitrogens is 3. The topological polar surface area (TPSA) is 124 Å². The van der Waals surface area contributed by atoms with Gasteiger partial charge in [-0.1, -0.05) is 112 Å². The zero-order chi connectivity index (χ0) is 68.6. The number of amides is 3. The lowest BCUT2D eigenvalue weighted by molar-refractivity contribution is -0.931. The van der Waals surface area contributed by atoms with Gasteiger partial charge in [0.25, 0.3) is 17.7 Å². The van der Waals surface area contributed by atoms with Gasteiger partial charge >= 0.3 is 0 Å². The summed E-state index contributed by atoms with van der Waals surface area (Å²) in [6.07, 6.45) is 21.6. The number of ether oxygens (including phenoxy) is 4. The number of hydrogen-bond acceptors (Lipinski definition) is 7. The quantitative estimate of drug-likeness (QED) is 0.0875. The van der Waals surface area contributed by atoms with Crippen molar-refractivity contribution in [1.29, 1.82) is 0 Å². The Bertz CT molecular complexity index is 3750. The van der Waals surface area contributed by atoms with Gasteiger partial charge < -0.3 is 48.3 Å². The summed E-state index contributed by atoms with van der Waals surface area (Å²) >= 11 is 36.7. The fourth-order valence-corrected chi connectivity index (χ4v) is 16.2. The van der Waals surface area contributed by atoms with E-state index in [4.69, 9.17) is 88.6 Å². The van der Waals surface area contributed by atoms with Crippen molar-refractivity contribution in [2.45, 2.75) is 128 Å². The van der Waals surface area contributed by atoms with Gasteiger partial charge in [0.2, 0.25) is 0 Å². The predicted octanol–water partition coefficient (Wildman–Crippen LogP) is 18.8. The molecule has 0 radical (unpaired) electrons. The Morgan fingerprint density at radius 2 is 0.742 bits per heavy atom. The average Bonchev–Trinajstić information content (AvgIpc) is 1.67. The molecule has 7 aliphatic rings. The van der Waals surface area contributed by atoms with Crippen LogP contribution >= 0.6 is 69.6 Å². The standard InChI is InChI=1S/C27H30Cl2N2O2.C26H30Cl2N2O2.C25H28Cl2N2O3/c1-31(2,25-12-18-3-6-19(25)11-18)16-17-4-7-22(8-5-17)30-27(32)20-9-10-33-26-15-24(29)23(28)14-21(26)13-20;1-30(2,22-6-4-3-5-7-22)17-18-8-10-21(11-9-18)29-26(31)19-12-13-32-25-16-24(28)23(27)15-20(25)14-19;1-29(2,21-8-10-31-11-9-21)16-17-3-5-20(6-4-17)28-25(30)18-7-12-32-24-15-23(27)22(26)14-19(24)13-18/h4-5,7-8,13-15,18-19,25H,3,6,9-12,16H2,1-2H3;8-11,14-16,22H,3-7,12-13,17H2,1-2H3;3-6,13-15,21H,7-12,16H2,1-2H3/p+3. The molecule has 3 saturated carbocycles. The normalized spacial score (nSPS) is 19.4. The van der Waals surface area contributed by atoms with Crippen LogP contribution in [0.3, 0.4) is 0 Å². The van der Waals surface area contributed by atoms with Crippen molar-refractivity contribution in [3.05, 3.63) is 189 Å². The second-order valence-electron chi connectivity index (χ2n) is 28.9. The summed E-state index contributed by atoms with van der Waals surface area (Å²) in [6.45, 7) is 5.90. The van der Waals surface area contributed by atoms with Gasteiger partial charge in [-0.25, -0.2) is 0 Å². The van der Waals surface area contributed by atoms with Gasteiger partial charge in [-0.2, -0.15) is 0 Å². The molecule has 3 unspecified atom stereocenters. The largest absolute Gasteiger partial charge is 0.493 e. The van der Waals surface area contributed by atoms with Crippen LogP contribution in [-0.4, -0.2) is 125 Å². The summed E-state index contributed by atoms with van der Waals surface area (Å²) in [5.74, 6) is 3.39. The van der Waals surface area contributed by atoms with E-state index in [0.717, 1.165) is 117 Å². The highest BCUT2D eigenvalue weighted by molar-refractivity contribution is 6.43. The SMILES string of the molecule is C[N+](C)(Cc1ccc(NC(=O)C2=Cc3cc(Cl)c(Cl)cc3OCC2)cc1)C1CC2CCC1C2.C[N+](C)(Cc1ccc(NC(=O)C2=Cc3cc(Cl)c(Cl)cc3OCC2)cc1)C1CCCCC1.C[N+](C)(Cc1ccc(NC(=O)C2=Cc3cc(Cl)c(Cl)cc3OCC2)cc1)C1CCOCC1. The van der Waals surface area contributed by atoms with Gasteiger partial charge in [-0.15, -0.1) is 0 Å². The van der Waals surface area contributed by atoms with Crippen molar-refractivity contribution in [3.63, 3.8) is 0 Å². The van der Waals surface area contributed by atoms with Crippen LogP contribution < -0.4 is 30.2 Å². The minimum atomic E-state index is -0.140. The maximum atomic E-state index is 12.9. The van der Waals surface area contributed by atoms with E-state index in [2.05, 4.69) is 94.6 Å². The second kappa shape index (κ2) is 32.1. The summed E-state index contributed by atoms with van der Waals surface area (Å²) < 4.78 is 25.8. The highest BCUT2D eigenvalue weighted by atomic mass is 35.5. The zero-order valence-electron chi connectivity index (χ0n) is 56.5. The summed E-state index contributed by atoms with van der Waals surface area (Å²) in [5.41, 5.74) is 10.5. The van der Waals surface area contributed by atoms with Crippen molar-refractivity contribution in [2.24, 2.45) is 11.8 Å². The molecule has 3 N–H and O–H groups in total. The van der Waals surface area contributed by atoms with E-state index in [1.165, 1.54) is 74.5 Å². The molecular weight excluding hydrogens is 1350 g/mol. The molecule has 3 aliphatic carbocycles. The van der Waals surface area contributed by atoms with Crippen molar-refractivity contribution in [2.75, 3.05) is 91.3 Å². The van der Waals surface area contributed by atoms with Gasteiger partial charge in [0, 0.05) is 130 Å². The Labute approximate surface area is 602 Å². The number of halogens is 6. The first-order valence-electron chi connectivity index (χ1n) is 34.2. The third-order valence-electron chi connectivity index (χ3n) is 20.7. The fraction of sp³-hybridized carbons (Fsp3) is 0.423. The third-order valence-corrected chi connectivity index (χ3v) is 22.8. The Hall–Kier alpha value is -6.07. The van der Waals surface area contributed by atoms with Crippen molar-refractivity contribution < 1.29 is 46.8 Å². The van der Waals surface area contributed by atoms with Gasteiger partial charge in [0.05, 0.1) is 124 Å². The predicted molar refractivity (Wildman–Crippen MR) is 396 cm³/mol. The van der Waals surface area contributed by atoms with E-state index in [1.807, 2.05) is 54.6 Å². The molecule has 3 atom stereocenters. The number of benzene rings is 6. The number of anilines is 3. The molecule has 0 aromatic heterocycles. The molecule has 3 amide bonds.